The summed E-state index contributed by atoms with van der Waals surface area (Å²) in [5.74, 6) is -0.179. The van der Waals surface area contributed by atoms with Gasteiger partial charge in [-0.25, -0.2) is 4.98 Å². The summed E-state index contributed by atoms with van der Waals surface area (Å²) in [7, 11) is 0. The van der Waals surface area contributed by atoms with Crippen molar-refractivity contribution in [1.29, 1.82) is 0 Å². The van der Waals surface area contributed by atoms with Gasteiger partial charge in [0.15, 0.2) is 0 Å². The number of anilines is 1. The number of benzene rings is 1. The number of nitrogen functional groups attached to an aromatic ring is 1. The van der Waals surface area contributed by atoms with Gasteiger partial charge in [-0.15, -0.1) is 0 Å². The molecule has 0 saturated heterocycles. The maximum atomic E-state index is 12.7. The number of rotatable bonds is 1. The Bertz CT molecular complexity index is 624. The van der Waals surface area contributed by atoms with Crippen molar-refractivity contribution in [2.75, 3.05) is 5.73 Å². The fraction of sp³-hybridized carbons (Fsp3) is 0.154. The molecule has 100 valence electrons. The molecule has 0 spiro atoms. The molecule has 0 aliphatic rings. The summed E-state index contributed by atoms with van der Waals surface area (Å²) >= 11 is 5.95. The highest BCUT2D eigenvalue weighted by atomic mass is 35.5. The third-order valence-corrected chi connectivity index (χ3v) is 3.05. The van der Waals surface area contributed by atoms with E-state index in [9.17, 15) is 13.2 Å². The summed E-state index contributed by atoms with van der Waals surface area (Å²) in [6.07, 6.45) is -4.46. The molecule has 1 aromatic heterocycles. The highest BCUT2D eigenvalue weighted by Gasteiger charge is 2.31. The maximum absolute atomic E-state index is 12.7. The summed E-state index contributed by atoms with van der Waals surface area (Å²) in [4.78, 5) is 3.91. The average Bonchev–Trinajstić information content (AvgIpc) is 2.31. The standard InChI is InChI=1S/C13H10ClF3N2/c1-7-2-3-8(4-10(7)14)11-5-9(13(15,16)17)6-12(18)19-11/h2-6H,1H3,(H2,18,19). The Balaban J connectivity index is 2.56. The molecule has 2 rings (SSSR count). The summed E-state index contributed by atoms with van der Waals surface area (Å²) in [6, 6.07) is 6.70. The smallest absolute Gasteiger partial charge is 0.384 e. The fourth-order valence-electron chi connectivity index (χ4n) is 1.62. The molecule has 0 aliphatic carbocycles. The second kappa shape index (κ2) is 4.74. The molecule has 0 amide bonds. The molecule has 19 heavy (non-hydrogen) atoms. The van der Waals surface area contributed by atoms with E-state index in [0.717, 1.165) is 17.7 Å². The monoisotopic (exact) mass is 286 g/mol. The molecule has 0 bridgehead atoms. The number of halogens is 4. The van der Waals surface area contributed by atoms with Crippen LogP contribution in [-0.2, 0) is 6.18 Å². The Morgan fingerprint density at radius 2 is 1.84 bits per heavy atom. The van der Waals surface area contributed by atoms with Crippen LogP contribution in [0.15, 0.2) is 30.3 Å². The van der Waals surface area contributed by atoms with E-state index in [4.69, 9.17) is 17.3 Å². The number of nitrogens with two attached hydrogens (primary N) is 1. The first-order valence-electron chi connectivity index (χ1n) is 5.38. The van der Waals surface area contributed by atoms with E-state index in [1.54, 1.807) is 25.1 Å². The number of hydrogen-bond donors (Lipinski definition) is 1. The molecule has 0 atom stereocenters. The molecule has 0 saturated carbocycles. The van der Waals surface area contributed by atoms with E-state index in [1.807, 2.05) is 0 Å². The lowest BCUT2D eigenvalue weighted by molar-refractivity contribution is -0.137. The molecule has 0 fully saturated rings. The SMILES string of the molecule is Cc1ccc(-c2cc(C(F)(F)F)cc(N)n2)cc1Cl. The lowest BCUT2D eigenvalue weighted by atomic mass is 10.1. The summed E-state index contributed by atoms with van der Waals surface area (Å²) in [5, 5.41) is 0.468. The molecule has 1 heterocycles. The molecule has 2 nitrogen and oxygen atoms in total. The topological polar surface area (TPSA) is 38.9 Å². The predicted molar refractivity (Wildman–Crippen MR) is 68.8 cm³/mol. The van der Waals surface area contributed by atoms with Crippen molar-refractivity contribution in [3.05, 3.63) is 46.5 Å². The van der Waals surface area contributed by atoms with Crippen LogP contribution in [0.5, 0.6) is 0 Å². The first-order chi connectivity index (χ1) is 8.77. The number of hydrogen-bond acceptors (Lipinski definition) is 2. The third-order valence-electron chi connectivity index (χ3n) is 2.64. The van der Waals surface area contributed by atoms with Crippen molar-refractivity contribution in [1.82, 2.24) is 4.98 Å². The van der Waals surface area contributed by atoms with Gasteiger partial charge < -0.3 is 5.73 Å². The molecule has 1 aromatic carbocycles. The molecule has 6 heteroatoms. The largest absolute Gasteiger partial charge is 0.416 e. The zero-order valence-corrected chi connectivity index (χ0v) is 10.7. The number of aryl methyl sites for hydroxylation is 1. The van der Waals surface area contributed by atoms with Crippen LogP contribution in [0, 0.1) is 6.92 Å². The molecule has 2 N–H and O–H groups in total. The van der Waals surface area contributed by atoms with Gasteiger partial charge in [-0.1, -0.05) is 23.7 Å². The van der Waals surface area contributed by atoms with E-state index in [2.05, 4.69) is 4.98 Å². The first kappa shape index (κ1) is 13.7. The molecule has 0 radical (unpaired) electrons. The van der Waals surface area contributed by atoms with E-state index in [-0.39, 0.29) is 11.5 Å². The van der Waals surface area contributed by atoms with Crippen molar-refractivity contribution >= 4 is 17.4 Å². The van der Waals surface area contributed by atoms with Gasteiger partial charge in [-0.05, 0) is 30.7 Å². The molecule has 0 aliphatic heterocycles. The predicted octanol–water partition coefficient (Wildman–Crippen LogP) is 4.31. The van der Waals surface area contributed by atoms with Gasteiger partial charge in [-0.2, -0.15) is 13.2 Å². The molecular weight excluding hydrogens is 277 g/mol. The van der Waals surface area contributed by atoms with Crippen LogP contribution in [-0.4, -0.2) is 4.98 Å². The minimum absolute atomic E-state index is 0.147. The summed E-state index contributed by atoms with van der Waals surface area (Å²) in [6.45, 7) is 1.81. The molecular formula is C13H10ClF3N2. The number of aromatic nitrogens is 1. The van der Waals surface area contributed by atoms with E-state index < -0.39 is 11.7 Å². The highest BCUT2D eigenvalue weighted by Crippen LogP contribution is 2.33. The van der Waals surface area contributed by atoms with Gasteiger partial charge >= 0.3 is 6.18 Å². The first-order valence-corrected chi connectivity index (χ1v) is 5.76. The van der Waals surface area contributed by atoms with Gasteiger partial charge in [0.05, 0.1) is 11.3 Å². The Labute approximate surface area is 113 Å². The maximum Gasteiger partial charge on any atom is 0.416 e. The summed E-state index contributed by atoms with van der Waals surface area (Å²) < 4.78 is 38.1. The van der Waals surface area contributed by atoms with Crippen molar-refractivity contribution in [3.8, 4) is 11.3 Å². The number of nitrogens with zero attached hydrogens (tertiary/aromatic N) is 1. The fourth-order valence-corrected chi connectivity index (χ4v) is 1.80. The van der Waals surface area contributed by atoms with Gasteiger partial charge in [0.2, 0.25) is 0 Å². The zero-order valence-electron chi connectivity index (χ0n) is 9.92. The van der Waals surface area contributed by atoms with Crippen LogP contribution in [0.25, 0.3) is 11.3 Å². The molecule has 2 aromatic rings. The van der Waals surface area contributed by atoms with Crippen LogP contribution in [0.4, 0.5) is 19.0 Å². The third kappa shape index (κ3) is 2.98. The minimum atomic E-state index is -4.46. The van der Waals surface area contributed by atoms with Crippen molar-refractivity contribution < 1.29 is 13.2 Å². The lowest BCUT2D eigenvalue weighted by Crippen LogP contribution is -2.07. The van der Waals surface area contributed by atoms with Crippen LogP contribution in [0.3, 0.4) is 0 Å². The Morgan fingerprint density at radius 3 is 2.42 bits per heavy atom. The normalized spacial score (nSPS) is 11.6. The lowest BCUT2D eigenvalue weighted by Gasteiger charge is -2.10. The van der Waals surface area contributed by atoms with Crippen LogP contribution in [0.2, 0.25) is 5.02 Å². The number of alkyl halides is 3. The molecule has 0 unspecified atom stereocenters. The van der Waals surface area contributed by atoms with Gasteiger partial charge in [-0.3, -0.25) is 0 Å². The minimum Gasteiger partial charge on any atom is -0.384 e. The average molecular weight is 287 g/mol. The second-order valence-electron chi connectivity index (χ2n) is 4.13. The van der Waals surface area contributed by atoms with Crippen molar-refractivity contribution in [2.24, 2.45) is 0 Å². The van der Waals surface area contributed by atoms with Crippen molar-refractivity contribution in [2.45, 2.75) is 13.1 Å². The quantitative estimate of drug-likeness (QED) is 0.848. The second-order valence-corrected chi connectivity index (χ2v) is 4.53. The van der Waals surface area contributed by atoms with E-state index in [1.165, 1.54) is 0 Å². The number of pyridine rings is 1. The van der Waals surface area contributed by atoms with Crippen molar-refractivity contribution in [3.63, 3.8) is 0 Å². The van der Waals surface area contributed by atoms with E-state index in [0.29, 0.717) is 10.6 Å². The van der Waals surface area contributed by atoms with Crippen LogP contribution < -0.4 is 5.73 Å². The van der Waals surface area contributed by atoms with Gasteiger partial charge in [0, 0.05) is 10.6 Å². The van der Waals surface area contributed by atoms with E-state index >= 15 is 0 Å². The zero-order chi connectivity index (χ0) is 14.2. The van der Waals surface area contributed by atoms with Gasteiger partial charge in [0.25, 0.3) is 0 Å². The van der Waals surface area contributed by atoms with Gasteiger partial charge in [0.1, 0.15) is 5.82 Å². The van der Waals surface area contributed by atoms with Crippen LogP contribution >= 0.6 is 11.6 Å². The highest BCUT2D eigenvalue weighted by molar-refractivity contribution is 6.31. The Morgan fingerprint density at radius 1 is 1.16 bits per heavy atom. The summed E-state index contributed by atoms with van der Waals surface area (Å²) in [5.41, 5.74) is 6.07. The van der Waals surface area contributed by atoms with Crippen LogP contribution in [0.1, 0.15) is 11.1 Å². The Kier molecular flexibility index (Phi) is 3.41. The Hall–Kier alpha value is -1.75.